The van der Waals surface area contributed by atoms with Gasteiger partial charge in [0.25, 0.3) is 0 Å². The topological polar surface area (TPSA) is 72.0 Å². The normalized spacial score (nSPS) is 17.9. The zero-order valence-corrected chi connectivity index (χ0v) is 9.84. The number of aromatic nitrogens is 2. The molecule has 2 aromatic heterocycles. The number of nitrogens with two attached hydrogens (primary N) is 1. The Kier molecular flexibility index (Phi) is 1.96. The molecule has 3 N–H and O–H groups in total. The van der Waals surface area contributed by atoms with Gasteiger partial charge in [-0.2, -0.15) is 0 Å². The quantitative estimate of drug-likeness (QED) is 0.829. The maximum absolute atomic E-state index is 9.50. The zero-order valence-electron chi connectivity index (χ0n) is 9.03. The highest BCUT2D eigenvalue weighted by molar-refractivity contribution is 7.18. The molecule has 0 atom stereocenters. The second kappa shape index (κ2) is 3.15. The van der Waals surface area contributed by atoms with Crippen LogP contribution in [0.3, 0.4) is 0 Å². The van der Waals surface area contributed by atoms with Crippen molar-refractivity contribution >= 4 is 27.4 Å². The summed E-state index contributed by atoms with van der Waals surface area (Å²) in [5.41, 5.74) is 8.39. The minimum absolute atomic E-state index is 0.146. The Labute approximate surface area is 97.1 Å². The first-order chi connectivity index (χ1) is 7.66. The summed E-state index contributed by atoms with van der Waals surface area (Å²) in [7, 11) is 0. The Morgan fingerprint density at radius 1 is 1.56 bits per heavy atom. The molecule has 0 spiro atoms. The second-order valence-electron chi connectivity index (χ2n) is 4.41. The molecule has 84 valence electrons. The fourth-order valence-corrected chi connectivity index (χ4v) is 2.96. The fourth-order valence-electron chi connectivity index (χ4n) is 2.19. The van der Waals surface area contributed by atoms with Gasteiger partial charge in [0.05, 0.1) is 23.5 Å². The summed E-state index contributed by atoms with van der Waals surface area (Å²) >= 11 is 1.57. The highest BCUT2D eigenvalue weighted by Gasteiger charge is 2.46. The Bertz CT molecular complexity index is 560. The number of nitrogens with zero attached hydrogens (tertiary/aromatic N) is 2. The van der Waals surface area contributed by atoms with E-state index in [1.807, 2.05) is 6.92 Å². The molecule has 5 heteroatoms. The first kappa shape index (κ1) is 9.99. The van der Waals surface area contributed by atoms with Gasteiger partial charge in [-0.1, -0.05) is 11.3 Å². The number of pyridine rings is 1. The van der Waals surface area contributed by atoms with Gasteiger partial charge in [0.15, 0.2) is 0 Å². The summed E-state index contributed by atoms with van der Waals surface area (Å²) in [4.78, 5) is 9.70. The number of thiazole rings is 1. The molecule has 3 rings (SSSR count). The molecule has 2 aromatic rings. The maximum atomic E-state index is 9.50. The van der Waals surface area contributed by atoms with Crippen molar-refractivity contribution in [2.45, 2.75) is 25.2 Å². The van der Waals surface area contributed by atoms with Crippen molar-refractivity contribution in [2.24, 2.45) is 0 Å². The van der Waals surface area contributed by atoms with Crippen LogP contribution in [0.15, 0.2) is 6.20 Å². The lowest BCUT2D eigenvalue weighted by Crippen LogP contribution is -2.15. The maximum Gasteiger partial charge on any atom is 0.143 e. The van der Waals surface area contributed by atoms with E-state index in [9.17, 15) is 5.11 Å². The van der Waals surface area contributed by atoms with Crippen LogP contribution in [0, 0.1) is 6.92 Å². The van der Waals surface area contributed by atoms with Crippen LogP contribution in [0.5, 0.6) is 0 Å². The summed E-state index contributed by atoms with van der Waals surface area (Å²) in [5.74, 6) is 0. The van der Waals surface area contributed by atoms with Crippen LogP contribution in [0.2, 0.25) is 0 Å². The summed E-state index contributed by atoms with van der Waals surface area (Å²) in [6, 6.07) is 0. The van der Waals surface area contributed by atoms with Crippen LogP contribution in [0.25, 0.3) is 10.3 Å². The van der Waals surface area contributed by atoms with Crippen LogP contribution in [0.4, 0.5) is 5.69 Å². The lowest BCUT2D eigenvalue weighted by molar-refractivity contribution is 0.256. The van der Waals surface area contributed by atoms with Crippen LogP contribution in [-0.2, 0) is 5.41 Å². The molecule has 0 aromatic carbocycles. The lowest BCUT2D eigenvalue weighted by Gasteiger charge is -2.14. The molecule has 4 nitrogen and oxygen atoms in total. The standard InChI is InChI=1S/C11H13N3OS/c1-6-14-9-8(11(5-15)2-3-11)7(12)4-13-10(9)16-6/h4,15H,2-3,5,12H2,1H3. The molecule has 0 aliphatic heterocycles. The summed E-state index contributed by atoms with van der Waals surface area (Å²) < 4.78 is 0. The third-order valence-electron chi connectivity index (χ3n) is 3.25. The molecular formula is C11H13N3OS. The summed E-state index contributed by atoms with van der Waals surface area (Å²) in [5, 5.41) is 10.5. The predicted octanol–water partition coefficient (Wildman–Crippen LogP) is 1.61. The molecule has 1 aliphatic carbocycles. The zero-order chi connectivity index (χ0) is 11.3. The number of fused-ring (bicyclic) bond motifs is 1. The number of hydrogen-bond acceptors (Lipinski definition) is 5. The van der Waals surface area contributed by atoms with Gasteiger partial charge in [-0.3, -0.25) is 0 Å². The fraction of sp³-hybridized carbons (Fsp3) is 0.455. The molecule has 1 saturated carbocycles. The molecule has 16 heavy (non-hydrogen) atoms. The number of aliphatic hydroxyl groups excluding tert-OH is 1. The van der Waals surface area contributed by atoms with E-state index in [2.05, 4.69) is 9.97 Å². The van der Waals surface area contributed by atoms with Gasteiger partial charge < -0.3 is 10.8 Å². The van der Waals surface area contributed by atoms with E-state index in [4.69, 9.17) is 5.73 Å². The van der Waals surface area contributed by atoms with Crippen LogP contribution in [0.1, 0.15) is 23.4 Å². The van der Waals surface area contributed by atoms with E-state index in [0.29, 0.717) is 5.69 Å². The van der Waals surface area contributed by atoms with E-state index >= 15 is 0 Å². The highest BCUT2D eigenvalue weighted by Crippen LogP contribution is 2.51. The Balaban J connectivity index is 2.32. The van der Waals surface area contributed by atoms with Crippen molar-refractivity contribution in [3.8, 4) is 0 Å². The van der Waals surface area contributed by atoms with Crippen molar-refractivity contribution in [2.75, 3.05) is 12.3 Å². The van der Waals surface area contributed by atoms with Crippen LogP contribution in [-0.4, -0.2) is 21.7 Å². The molecular weight excluding hydrogens is 222 g/mol. The Morgan fingerprint density at radius 2 is 2.31 bits per heavy atom. The SMILES string of the molecule is Cc1nc2c(C3(CO)CC3)c(N)cnc2s1. The largest absolute Gasteiger partial charge is 0.397 e. The van der Waals surface area contributed by atoms with Gasteiger partial charge >= 0.3 is 0 Å². The number of aryl methyl sites for hydroxylation is 1. The van der Waals surface area contributed by atoms with Gasteiger partial charge in [-0.15, -0.1) is 0 Å². The van der Waals surface area contributed by atoms with E-state index in [-0.39, 0.29) is 12.0 Å². The molecule has 0 unspecified atom stereocenters. The van der Waals surface area contributed by atoms with Crippen molar-refractivity contribution in [3.63, 3.8) is 0 Å². The molecule has 0 amide bonds. The minimum Gasteiger partial charge on any atom is -0.397 e. The van der Waals surface area contributed by atoms with E-state index in [1.54, 1.807) is 17.5 Å². The third kappa shape index (κ3) is 1.25. The molecule has 0 radical (unpaired) electrons. The molecule has 0 bridgehead atoms. The van der Waals surface area contributed by atoms with E-state index in [1.165, 1.54) is 0 Å². The van der Waals surface area contributed by atoms with Crippen molar-refractivity contribution in [1.29, 1.82) is 0 Å². The first-order valence-electron chi connectivity index (χ1n) is 5.29. The van der Waals surface area contributed by atoms with Gasteiger partial charge in [0, 0.05) is 11.0 Å². The number of anilines is 1. The number of hydrogen-bond donors (Lipinski definition) is 2. The van der Waals surface area contributed by atoms with Crippen LogP contribution >= 0.6 is 11.3 Å². The molecule has 0 saturated heterocycles. The number of nitrogen functional groups attached to an aromatic ring is 1. The van der Waals surface area contributed by atoms with Gasteiger partial charge in [-0.25, -0.2) is 9.97 Å². The molecule has 1 fully saturated rings. The van der Waals surface area contributed by atoms with Crippen molar-refractivity contribution < 1.29 is 5.11 Å². The average molecular weight is 235 g/mol. The van der Waals surface area contributed by atoms with Gasteiger partial charge in [0.1, 0.15) is 10.3 Å². The smallest absolute Gasteiger partial charge is 0.143 e. The third-order valence-corrected chi connectivity index (χ3v) is 4.13. The summed E-state index contributed by atoms with van der Waals surface area (Å²) in [6.45, 7) is 2.11. The monoisotopic (exact) mass is 235 g/mol. The van der Waals surface area contributed by atoms with Crippen LogP contribution < -0.4 is 5.73 Å². The number of rotatable bonds is 2. The van der Waals surface area contributed by atoms with E-state index < -0.39 is 0 Å². The first-order valence-corrected chi connectivity index (χ1v) is 6.11. The van der Waals surface area contributed by atoms with Crippen molar-refractivity contribution in [1.82, 2.24) is 9.97 Å². The Hall–Kier alpha value is -1.20. The molecule has 1 aliphatic rings. The Morgan fingerprint density at radius 3 is 2.94 bits per heavy atom. The lowest BCUT2D eigenvalue weighted by atomic mass is 9.95. The van der Waals surface area contributed by atoms with Gasteiger partial charge in [-0.05, 0) is 19.8 Å². The van der Waals surface area contributed by atoms with E-state index in [0.717, 1.165) is 33.8 Å². The minimum atomic E-state index is -0.147. The van der Waals surface area contributed by atoms with Crippen molar-refractivity contribution in [3.05, 3.63) is 16.8 Å². The molecule has 2 heterocycles. The second-order valence-corrected chi connectivity index (χ2v) is 5.60. The van der Waals surface area contributed by atoms with Gasteiger partial charge in [0.2, 0.25) is 0 Å². The predicted molar refractivity (Wildman–Crippen MR) is 64.6 cm³/mol. The highest BCUT2D eigenvalue weighted by atomic mass is 32.1. The summed E-state index contributed by atoms with van der Waals surface area (Å²) in [6.07, 6.45) is 3.66. The number of aliphatic hydroxyl groups is 1. The average Bonchev–Trinajstić information content (AvgIpc) is 2.95.